The molecule has 9 nitrogen and oxygen atoms in total. The number of nitrogens with two attached hydrogens (primary N) is 1. The Morgan fingerprint density at radius 1 is 0.879 bits per heavy atom. The number of carbonyl (C=O) groups excluding carboxylic acids is 4. The molecule has 0 aliphatic carbocycles. The molecular weight excluding hydrogens is 424 g/mol. The summed E-state index contributed by atoms with van der Waals surface area (Å²) in [4.78, 5) is 48.1. The quantitative estimate of drug-likeness (QED) is 0.171. The zero-order chi connectivity index (χ0) is 23.5. The summed E-state index contributed by atoms with van der Waals surface area (Å²) in [5.74, 6) is -1.90. The molecule has 0 aromatic heterocycles. The molecule has 6 N–H and O–H groups in total. The van der Waals surface area contributed by atoms with Crippen LogP contribution in [0.25, 0.3) is 5.57 Å². The molecule has 1 heterocycles. The van der Waals surface area contributed by atoms with E-state index in [1.54, 1.807) is 47.9 Å². The van der Waals surface area contributed by atoms with Gasteiger partial charge in [-0.1, -0.05) is 24.3 Å². The number of hydroxylamine groups is 1. The number of ketones is 1. The number of primary amides is 1. The van der Waals surface area contributed by atoms with E-state index in [0.29, 0.717) is 33.6 Å². The Bertz CT molecular complexity index is 1330. The van der Waals surface area contributed by atoms with Gasteiger partial charge in [-0.05, 0) is 42.5 Å². The lowest BCUT2D eigenvalue weighted by molar-refractivity contribution is -0.110. The maximum absolute atomic E-state index is 12.9. The van der Waals surface area contributed by atoms with E-state index in [0.717, 1.165) is 0 Å². The summed E-state index contributed by atoms with van der Waals surface area (Å²) < 4.78 is 0. The van der Waals surface area contributed by atoms with E-state index in [9.17, 15) is 19.2 Å². The summed E-state index contributed by atoms with van der Waals surface area (Å²) in [6.07, 6.45) is 1.53. The highest BCUT2D eigenvalue weighted by molar-refractivity contribution is 6.32. The number of hydrogen-bond acceptors (Lipinski definition) is 6. The molecule has 3 amide bonds. The number of anilines is 2. The van der Waals surface area contributed by atoms with E-state index < -0.39 is 11.8 Å². The Morgan fingerprint density at radius 3 is 2.24 bits per heavy atom. The molecule has 0 fully saturated rings. The van der Waals surface area contributed by atoms with Gasteiger partial charge in [0.15, 0.2) is 5.78 Å². The summed E-state index contributed by atoms with van der Waals surface area (Å²) in [6.45, 7) is 0. The number of nitrogens with one attached hydrogen (secondary N) is 3. The fourth-order valence-corrected chi connectivity index (χ4v) is 3.40. The van der Waals surface area contributed by atoms with Gasteiger partial charge < -0.3 is 16.4 Å². The second-order valence-corrected chi connectivity index (χ2v) is 7.21. The summed E-state index contributed by atoms with van der Waals surface area (Å²) in [6, 6.07) is 17.3. The van der Waals surface area contributed by atoms with Crippen molar-refractivity contribution < 1.29 is 24.4 Å². The van der Waals surface area contributed by atoms with Gasteiger partial charge in [0.05, 0.1) is 5.57 Å². The lowest BCUT2D eigenvalue weighted by Crippen LogP contribution is -2.18. The Labute approximate surface area is 187 Å². The molecular formula is C24H18N4O5. The van der Waals surface area contributed by atoms with Crippen molar-refractivity contribution in [1.82, 2.24) is 5.48 Å². The van der Waals surface area contributed by atoms with Crippen LogP contribution in [0.1, 0.15) is 42.2 Å². The first-order valence-corrected chi connectivity index (χ1v) is 9.79. The smallest absolute Gasteiger partial charge is 0.274 e. The Kier molecular flexibility index (Phi) is 5.71. The van der Waals surface area contributed by atoms with Crippen LogP contribution in [0.2, 0.25) is 0 Å². The second kappa shape index (κ2) is 8.77. The molecule has 0 unspecified atom stereocenters. The lowest BCUT2D eigenvalue weighted by atomic mass is 9.98. The lowest BCUT2D eigenvalue weighted by Gasteiger charge is -2.06. The standard InChI is InChI=1S/C24H18N4O5/c25-22(30)16-3-1-2-14(10-16)21(29)15-6-9-18-19(24(32)27-20(18)11-15)12-26-17-7-4-13(5-8-17)23(31)28-33/h1-12,26,33H,(H2,25,30)(H,27,32)(H,28,31). The van der Waals surface area contributed by atoms with E-state index in [2.05, 4.69) is 10.6 Å². The van der Waals surface area contributed by atoms with Gasteiger partial charge in [-0.2, -0.15) is 0 Å². The van der Waals surface area contributed by atoms with Crippen molar-refractivity contribution in [1.29, 1.82) is 0 Å². The second-order valence-electron chi connectivity index (χ2n) is 7.21. The molecule has 0 atom stereocenters. The number of fused-ring (bicyclic) bond motifs is 1. The van der Waals surface area contributed by atoms with Crippen LogP contribution in [0.5, 0.6) is 0 Å². The van der Waals surface area contributed by atoms with Gasteiger partial charge in [0.2, 0.25) is 5.91 Å². The predicted molar refractivity (Wildman–Crippen MR) is 121 cm³/mol. The van der Waals surface area contributed by atoms with E-state index in [4.69, 9.17) is 10.9 Å². The van der Waals surface area contributed by atoms with Gasteiger partial charge in [0.25, 0.3) is 11.8 Å². The first kappa shape index (κ1) is 21.5. The molecule has 1 aliphatic heterocycles. The summed E-state index contributed by atoms with van der Waals surface area (Å²) >= 11 is 0. The molecule has 0 radical (unpaired) electrons. The summed E-state index contributed by atoms with van der Waals surface area (Å²) in [5, 5.41) is 14.4. The minimum absolute atomic E-state index is 0.233. The third-order valence-electron chi connectivity index (χ3n) is 5.11. The molecule has 0 bridgehead atoms. The van der Waals surface area contributed by atoms with Crippen molar-refractivity contribution in [2.24, 2.45) is 5.73 Å². The van der Waals surface area contributed by atoms with Crippen molar-refractivity contribution in [3.63, 3.8) is 0 Å². The highest BCUT2D eigenvalue weighted by Gasteiger charge is 2.25. The van der Waals surface area contributed by atoms with Gasteiger partial charge in [-0.25, -0.2) is 5.48 Å². The number of hydrogen-bond donors (Lipinski definition) is 5. The van der Waals surface area contributed by atoms with E-state index in [1.165, 1.54) is 30.5 Å². The molecule has 9 heteroatoms. The topological polar surface area (TPSA) is 151 Å². The Morgan fingerprint density at radius 2 is 1.55 bits per heavy atom. The molecule has 3 aromatic rings. The minimum atomic E-state index is -0.629. The van der Waals surface area contributed by atoms with Gasteiger partial charge >= 0.3 is 0 Å². The number of rotatable bonds is 6. The third kappa shape index (κ3) is 4.34. The Hall–Kier alpha value is -4.76. The van der Waals surface area contributed by atoms with Gasteiger partial charge in [-0.3, -0.25) is 24.4 Å². The highest BCUT2D eigenvalue weighted by Crippen LogP contribution is 2.33. The van der Waals surface area contributed by atoms with Gasteiger partial charge in [0, 0.05) is 45.4 Å². The van der Waals surface area contributed by atoms with Crippen LogP contribution in [-0.2, 0) is 4.79 Å². The fourth-order valence-electron chi connectivity index (χ4n) is 3.40. The van der Waals surface area contributed by atoms with Gasteiger partial charge in [0.1, 0.15) is 0 Å². The first-order valence-electron chi connectivity index (χ1n) is 9.79. The summed E-state index contributed by atoms with van der Waals surface area (Å²) in [5.41, 5.74) is 10.1. The van der Waals surface area contributed by atoms with Crippen LogP contribution in [0.3, 0.4) is 0 Å². The molecule has 3 aromatic carbocycles. The largest absolute Gasteiger partial charge is 0.366 e. The van der Waals surface area contributed by atoms with E-state index in [1.807, 2.05) is 0 Å². The molecule has 4 rings (SSSR count). The molecule has 0 saturated carbocycles. The maximum Gasteiger partial charge on any atom is 0.274 e. The molecule has 0 saturated heterocycles. The van der Waals surface area contributed by atoms with Crippen molar-refractivity contribution >= 4 is 40.5 Å². The van der Waals surface area contributed by atoms with Gasteiger partial charge in [-0.15, -0.1) is 0 Å². The average molecular weight is 442 g/mol. The van der Waals surface area contributed by atoms with Crippen LogP contribution >= 0.6 is 0 Å². The number of amides is 3. The number of carbonyl (C=O) groups is 4. The van der Waals surface area contributed by atoms with Crippen LogP contribution in [0.15, 0.2) is 72.9 Å². The zero-order valence-corrected chi connectivity index (χ0v) is 17.1. The highest BCUT2D eigenvalue weighted by atomic mass is 16.5. The minimum Gasteiger partial charge on any atom is -0.366 e. The molecule has 33 heavy (non-hydrogen) atoms. The van der Waals surface area contributed by atoms with Crippen molar-refractivity contribution in [3.05, 3.63) is 101 Å². The zero-order valence-electron chi connectivity index (χ0n) is 17.1. The molecule has 0 spiro atoms. The van der Waals surface area contributed by atoms with Crippen molar-refractivity contribution in [2.45, 2.75) is 0 Å². The normalized spacial score (nSPS) is 13.2. The Balaban J connectivity index is 1.56. The number of benzene rings is 3. The fraction of sp³-hybridized carbons (Fsp3) is 0. The maximum atomic E-state index is 12.9. The van der Waals surface area contributed by atoms with Crippen LogP contribution in [0, 0.1) is 0 Å². The average Bonchev–Trinajstić information content (AvgIpc) is 3.16. The summed E-state index contributed by atoms with van der Waals surface area (Å²) in [7, 11) is 0. The molecule has 1 aliphatic rings. The SMILES string of the molecule is NC(=O)c1cccc(C(=O)c2ccc3c(c2)NC(=O)C3=CNc2ccc(C(=O)NO)cc2)c1. The molecule has 164 valence electrons. The van der Waals surface area contributed by atoms with Crippen LogP contribution in [-0.4, -0.2) is 28.7 Å². The van der Waals surface area contributed by atoms with Crippen LogP contribution < -0.4 is 21.8 Å². The van der Waals surface area contributed by atoms with Crippen molar-refractivity contribution in [3.8, 4) is 0 Å². The predicted octanol–water partition coefficient (Wildman–Crippen LogP) is 2.54. The third-order valence-corrected chi connectivity index (χ3v) is 5.11. The van der Waals surface area contributed by atoms with Crippen LogP contribution in [0.4, 0.5) is 11.4 Å². The monoisotopic (exact) mass is 442 g/mol. The first-order chi connectivity index (χ1) is 15.9. The van der Waals surface area contributed by atoms with E-state index >= 15 is 0 Å². The van der Waals surface area contributed by atoms with Crippen molar-refractivity contribution in [2.75, 3.05) is 10.6 Å². The van der Waals surface area contributed by atoms with E-state index in [-0.39, 0.29) is 22.8 Å².